The fourth-order valence-electron chi connectivity index (χ4n) is 2.16. The fraction of sp³-hybridized carbons (Fsp3) is 0.188. The molecule has 0 aliphatic rings. The summed E-state index contributed by atoms with van der Waals surface area (Å²) >= 11 is 0. The zero-order valence-electron chi connectivity index (χ0n) is 12.3. The third-order valence-electron chi connectivity index (χ3n) is 3.50. The van der Waals surface area contributed by atoms with Gasteiger partial charge >= 0.3 is 0 Å². The Hall–Kier alpha value is -2.73. The van der Waals surface area contributed by atoms with Crippen molar-refractivity contribution >= 4 is 16.9 Å². The summed E-state index contributed by atoms with van der Waals surface area (Å²) in [6.45, 7) is 3.82. The van der Waals surface area contributed by atoms with Crippen LogP contribution >= 0.6 is 0 Å². The SMILES string of the molecule is Cc1c[nH]c2ncc(C(=O)NO[C@@H](C)c3ccncc3)cc12. The van der Waals surface area contributed by atoms with Crippen molar-refractivity contribution in [3.8, 4) is 0 Å². The number of H-pyrrole nitrogens is 1. The van der Waals surface area contributed by atoms with Crippen LogP contribution in [-0.4, -0.2) is 20.9 Å². The predicted octanol–water partition coefficient (Wildman–Crippen LogP) is 2.69. The summed E-state index contributed by atoms with van der Waals surface area (Å²) in [7, 11) is 0. The van der Waals surface area contributed by atoms with E-state index in [4.69, 9.17) is 4.84 Å². The van der Waals surface area contributed by atoms with Crippen molar-refractivity contribution in [2.45, 2.75) is 20.0 Å². The highest BCUT2D eigenvalue weighted by Gasteiger charge is 2.12. The van der Waals surface area contributed by atoms with Gasteiger partial charge in [0.1, 0.15) is 11.8 Å². The molecule has 6 heteroatoms. The van der Waals surface area contributed by atoms with Gasteiger partial charge in [0, 0.05) is 30.2 Å². The summed E-state index contributed by atoms with van der Waals surface area (Å²) in [5, 5.41) is 0.926. The molecule has 1 amide bonds. The minimum absolute atomic E-state index is 0.266. The van der Waals surface area contributed by atoms with E-state index in [1.165, 1.54) is 6.20 Å². The Kier molecular flexibility index (Phi) is 3.84. The van der Waals surface area contributed by atoms with Gasteiger partial charge in [-0.05, 0) is 43.2 Å². The zero-order chi connectivity index (χ0) is 15.5. The molecule has 0 aliphatic carbocycles. The number of pyridine rings is 2. The smallest absolute Gasteiger partial charge is 0.276 e. The lowest BCUT2D eigenvalue weighted by Crippen LogP contribution is -2.25. The van der Waals surface area contributed by atoms with Crippen LogP contribution in [0.2, 0.25) is 0 Å². The van der Waals surface area contributed by atoms with Gasteiger partial charge in [0.25, 0.3) is 5.91 Å². The lowest BCUT2D eigenvalue weighted by molar-refractivity contribution is -0.00894. The molecule has 22 heavy (non-hydrogen) atoms. The van der Waals surface area contributed by atoms with Crippen LogP contribution < -0.4 is 5.48 Å². The first-order valence-electron chi connectivity index (χ1n) is 6.95. The standard InChI is InChI=1S/C16H16N4O2/c1-10-8-18-15-14(10)7-13(9-19-15)16(21)20-22-11(2)12-3-5-17-6-4-12/h3-9,11H,1-2H3,(H,18,19)(H,20,21)/t11-/m0/s1. The number of hydrogen-bond donors (Lipinski definition) is 2. The molecule has 0 saturated heterocycles. The Balaban J connectivity index is 1.69. The number of aryl methyl sites for hydroxylation is 1. The van der Waals surface area contributed by atoms with E-state index in [2.05, 4.69) is 20.4 Å². The maximum Gasteiger partial charge on any atom is 0.276 e. The number of nitrogens with one attached hydrogen (secondary N) is 2. The van der Waals surface area contributed by atoms with Crippen LogP contribution in [0.1, 0.15) is 34.5 Å². The second kappa shape index (κ2) is 5.95. The summed E-state index contributed by atoms with van der Waals surface area (Å²) in [5.41, 5.74) is 5.66. The molecule has 2 N–H and O–H groups in total. The molecule has 0 saturated carbocycles. The van der Waals surface area contributed by atoms with Crippen molar-refractivity contribution < 1.29 is 9.63 Å². The van der Waals surface area contributed by atoms with Crippen molar-refractivity contribution in [2.24, 2.45) is 0 Å². The number of carbonyl (C=O) groups is 1. The van der Waals surface area contributed by atoms with E-state index < -0.39 is 0 Å². The van der Waals surface area contributed by atoms with E-state index in [9.17, 15) is 4.79 Å². The third-order valence-corrected chi connectivity index (χ3v) is 3.50. The molecule has 1 atom stereocenters. The van der Waals surface area contributed by atoms with Crippen LogP contribution in [-0.2, 0) is 4.84 Å². The van der Waals surface area contributed by atoms with Gasteiger partial charge in [0.2, 0.25) is 0 Å². The molecule has 0 aromatic carbocycles. The predicted molar refractivity (Wildman–Crippen MR) is 82.0 cm³/mol. The minimum atomic E-state index is -0.323. The van der Waals surface area contributed by atoms with Gasteiger partial charge in [-0.15, -0.1) is 0 Å². The van der Waals surface area contributed by atoms with Crippen LogP contribution in [0, 0.1) is 6.92 Å². The molecule has 3 rings (SSSR count). The molecule has 0 bridgehead atoms. The Morgan fingerprint density at radius 3 is 2.91 bits per heavy atom. The summed E-state index contributed by atoms with van der Waals surface area (Å²) in [6, 6.07) is 5.48. The number of carbonyl (C=O) groups excluding carboxylic acids is 1. The maximum atomic E-state index is 12.2. The number of hydrogen-bond acceptors (Lipinski definition) is 4. The van der Waals surface area contributed by atoms with Gasteiger partial charge in [0.05, 0.1) is 5.56 Å². The van der Waals surface area contributed by atoms with Gasteiger partial charge in [-0.1, -0.05) is 0 Å². The summed E-state index contributed by atoms with van der Waals surface area (Å²) in [4.78, 5) is 28.8. The van der Waals surface area contributed by atoms with Gasteiger partial charge in [-0.2, -0.15) is 0 Å². The van der Waals surface area contributed by atoms with Gasteiger partial charge in [-0.3, -0.25) is 14.6 Å². The highest BCUT2D eigenvalue weighted by atomic mass is 16.7. The van der Waals surface area contributed by atoms with Crippen LogP contribution in [0.3, 0.4) is 0 Å². The van der Waals surface area contributed by atoms with Crippen LogP contribution in [0.15, 0.2) is 43.0 Å². The van der Waals surface area contributed by atoms with Gasteiger partial charge in [0.15, 0.2) is 0 Å². The van der Waals surface area contributed by atoms with E-state index in [0.717, 1.165) is 22.2 Å². The first kappa shape index (κ1) is 14.2. The largest absolute Gasteiger partial charge is 0.346 e. The zero-order valence-corrected chi connectivity index (χ0v) is 12.3. The number of amides is 1. The number of aromatic nitrogens is 3. The fourth-order valence-corrected chi connectivity index (χ4v) is 2.16. The van der Waals surface area contributed by atoms with Crippen LogP contribution in [0.5, 0.6) is 0 Å². The van der Waals surface area contributed by atoms with E-state index >= 15 is 0 Å². The quantitative estimate of drug-likeness (QED) is 0.725. The van der Waals surface area contributed by atoms with Crippen LogP contribution in [0.4, 0.5) is 0 Å². The van der Waals surface area contributed by atoms with Crippen molar-refractivity contribution in [2.75, 3.05) is 0 Å². The molecular weight excluding hydrogens is 280 g/mol. The monoisotopic (exact) mass is 296 g/mol. The molecule has 0 fully saturated rings. The molecule has 0 spiro atoms. The van der Waals surface area contributed by atoms with Gasteiger partial charge in [-0.25, -0.2) is 10.5 Å². The normalized spacial score (nSPS) is 12.3. The number of rotatable bonds is 4. The van der Waals surface area contributed by atoms with Crippen molar-refractivity contribution in [3.63, 3.8) is 0 Å². The van der Waals surface area contributed by atoms with E-state index in [1.54, 1.807) is 18.5 Å². The Morgan fingerprint density at radius 2 is 2.14 bits per heavy atom. The highest BCUT2D eigenvalue weighted by molar-refractivity contribution is 5.96. The summed E-state index contributed by atoms with van der Waals surface area (Å²) < 4.78 is 0. The molecule has 112 valence electrons. The van der Waals surface area contributed by atoms with Crippen molar-refractivity contribution in [1.82, 2.24) is 20.4 Å². The van der Waals surface area contributed by atoms with Crippen molar-refractivity contribution in [1.29, 1.82) is 0 Å². The molecule has 6 nitrogen and oxygen atoms in total. The Bertz CT molecular complexity index is 798. The van der Waals surface area contributed by atoms with Crippen molar-refractivity contribution in [3.05, 3.63) is 59.7 Å². The minimum Gasteiger partial charge on any atom is -0.346 e. The molecule has 3 aromatic rings. The number of nitrogens with zero attached hydrogens (tertiary/aromatic N) is 2. The Labute approximate surface area is 127 Å². The maximum absolute atomic E-state index is 12.2. The molecular formula is C16H16N4O2. The average molecular weight is 296 g/mol. The van der Waals surface area contributed by atoms with E-state index in [1.807, 2.05) is 32.2 Å². The van der Waals surface area contributed by atoms with Gasteiger partial charge < -0.3 is 4.98 Å². The van der Waals surface area contributed by atoms with E-state index in [-0.39, 0.29) is 12.0 Å². The first-order chi connectivity index (χ1) is 10.6. The molecule has 0 radical (unpaired) electrons. The van der Waals surface area contributed by atoms with Crippen LogP contribution in [0.25, 0.3) is 11.0 Å². The first-order valence-corrected chi connectivity index (χ1v) is 6.95. The summed E-state index contributed by atoms with van der Waals surface area (Å²) in [6.07, 6.45) is 6.49. The number of hydroxylamine groups is 1. The van der Waals surface area contributed by atoms with E-state index in [0.29, 0.717) is 5.56 Å². The number of aromatic amines is 1. The molecule has 0 unspecified atom stereocenters. The lowest BCUT2D eigenvalue weighted by atomic mass is 10.2. The second-order valence-corrected chi connectivity index (χ2v) is 5.06. The molecule has 3 heterocycles. The molecule has 0 aliphatic heterocycles. The second-order valence-electron chi connectivity index (χ2n) is 5.06. The summed E-state index contributed by atoms with van der Waals surface area (Å²) in [5.74, 6) is -0.323. The third kappa shape index (κ3) is 2.82. The average Bonchev–Trinajstić information content (AvgIpc) is 2.94. The topological polar surface area (TPSA) is 79.9 Å². The molecule has 3 aromatic heterocycles. The highest BCUT2D eigenvalue weighted by Crippen LogP contribution is 2.17. The Morgan fingerprint density at radius 1 is 1.36 bits per heavy atom. The number of fused-ring (bicyclic) bond motifs is 1. The lowest BCUT2D eigenvalue weighted by Gasteiger charge is -2.13.